The topological polar surface area (TPSA) is 103 Å². The van der Waals surface area contributed by atoms with Crippen LogP contribution in [0, 0.1) is 5.82 Å². The van der Waals surface area contributed by atoms with E-state index in [4.69, 9.17) is 0 Å². The van der Waals surface area contributed by atoms with E-state index in [1.54, 1.807) is 7.05 Å². The van der Waals surface area contributed by atoms with Gasteiger partial charge in [0.25, 0.3) is 15.9 Å². The molecule has 0 radical (unpaired) electrons. The van der Waals surface area contributed by atoms with Crippen molar-refractivity contribution in [2.24, 2.45) is 0 Å². The molecular formula is C15H19FN4O3S. The minimum atomic E-state index is -4.00. The summed E-state index contributed by atoms with van der Waals surface area (Å²) in [5.41, 5.74) is -0.0558. The second-order valence-corrected chi connectivity index (χ2v) is 6.92. The molecule has 7 nitrogen and oxygen atoms in total. The Hall–Kier alpha value is -2.39. The van der Waals surface area contributed by atoms with E-state index in [1.807, 2.05) is 6.92 Å². The molecule has 1 heterocycles. The van der Waals surface area contributed by atoms with E-state index >= 15 is 0 Å². The fourth-order valence-corrected chi connectivity index (χ4v) is 2.91. The maximum atomic E-state index is 13.6. The fourth-order valence-electron chi connectivity index (χ4n) is 1.85. The van der Waals surface area contributed by atoms with Crippen LogP contribution >= 0.6 is 0 Å². The standard InChI is InChI=1S/C15H19FN4O3S/c1-10(17-2)8-19-15(21)14-7-11(9-18-14)24(22,23)20-13-6-4-3-5-12(13)16/h3-7,9-10,17-18,20H,8H2,1-2H3,(H,19,21). The third-order valence-corrected chi connectivity index (χ3v) is 4.74. The van der Waals surface area contributed by atoms with Gasteiger partial charge in [0.1, 0.15) is 16.4 Å². The first kappa shape index (κ1) is 18.0. The summed E-state index contributed by atoms with van der Waals surface area (Å²) in [4.78, 5) is 14.4. The molecule has 0 aliphatic rings. The van der Waals surface area contributed by atoms with Gasteiger partial charge in [-0.2, -0.15) is 0 Å². The number of hydrogen-bond donors (Lipinski definition) is 4. The number of H-pyrrole nitrogens is 1. The van der Waals surface area contributed by atoms with Crippen LogP contribution in [-0.4, -0.2) is 38.9 Å². The van der Waals surface area contributed by atoms with E-state index in [-0.39, 0.29) is 22.3 Å². The number of halogens is 1. The predicted octanol–water partition coefficient (Wildman–Crippen LogP) is 1.29. The number of anilines is 1. The SMILES string of the molecule is CNC(C)CNC(=O)c1cc(S(=O)(=O)Nc2ccccc2F)c[nH]1. The highest BCUT2D eigenvalue weighted by molar-refractivity contribution is 7.92. The number of benzene rings is 1. The van der Waals surface area contributed by atoms with Gasteiger partial charge in [0.2, 0.25) is 0 Å². The van der Waals surface area contributed by atoms with Crippen LogP contribution in [-0.2, 0) is 10.0 Å². The number of nitrogens with one attached hydrogen (secondary N) is 4. The molecule has 0 bridgehead atoms. The van der Waals surface area contributed by atoms with Gasteiger partial charge in [0.15, 0.2) is 0 Å². The van der Waals surface area contributed by atoms with Crippen molar-refractivity contribution in [3.63, 3.8) is 0 Å². The maximum absolute atomic E-state index is 13.6. The minimum Gasteiger partial charge on any atom is -0.356 e. The van der Waals surface area contributed by atoms with Crippen molar-refractivity contribution < 1.29 is 17.6 Å². The normalized spacial score (nSPS) is 12.6. The number of amides is 1. The highest BCUT2D eigenvalue weighted by Gasteiger charge is 2.20. The van der Waals surface area contributed by atoms with Gasteiger partial charge in [0, 0.05) is 18.8 Å². The Morgan fingerprint density at radius 3 is 2.71 bits per heavy atom. The second kappa shape index (κ2) is 7.45. The molecule has 1 aromatic heterocycles. The molecule has 1 amide bonds. The van der Waals surface area contributed by atoms with Crippen molar-refractivity contribution in [2.45, 2.75) is 17.9 Å². The molecule has 0 aliphatic heterocycles. The Kier molecular flexibility index (Phi) is 5.58. The smallest absolute Gasteiger partial charge is 0.267 e. The number of aromatic nitrogens is 1. The summed E-state index contributed by atoms with van der Waals surface area (Å²) in [5.74, 6) is -1.11. The molecule has 1 atom stereocenters. The first-order chi connectivity index (χ1) is 11.3. The summed E-state index contributed by atoms with van der Waals surface area (Å²) >= 11 is 0. The van der Waals surface area contributed by atoms with E-state index in [9.17, 15) is 17.6 Å². The molecule has 2 rings (SSSR count). The summed E-state index contributed by atoms with van der Waals surface area (Å²) in [6.07, 6.45) is 1.18. The molecule has 24 heavy (non-hydrogen) atoms. The van der Waals surface area contributed by atoms with Gasteiger partial charge >= 0.3 is 0 Å². The molecule has 0 spiro atoms. The molecule has 1 unspecified atom stereocenters. The van der Waals surface area contributed by atoms with Crippen molar-refractivity contribution in [3.05, 3.63) is 48.0 Å². The van der Waals surface area contributed by atoms with Gasteiger partial charge < -0.3 is 15.6 Å². The molecule has 0 aliphatic carbocycles. The summed E-state index contributed by atoms with van der Waals surface area (Å²) in [6, 6.07) is 6.71. The van der Waals surface area contributed by atoms with Crippen LogP contribution in [0.25, 0.3) is 0 Å². The average molecular weight is 354 g/mol. The Labute approximate surface area is 139 Å². The van der Waals surface area contributed by atoms with Crippen LogP contribution in [0.5, 0.6) is 0 Å². The van der Waals surface area contributed by atoms with Gasteiger partial charge in [-0.3, -0.25) is 9.52 Å². The van der Waals surface area contributed by atoms with E-state index in [1.165, 1.54) is 30.5 Å². The highest BCUT2D eigenvalue weighted by Crippen LogP contribution is 2.19. The molecule has 0 fully saturated rings. The van der Waals surface area contributed by atoms with E-state index in [0.717, 1.165) is 6.07 Å². The molecule has 2 aromatic rings. The zero-order valence-corrected chi connectivity index (χ0v) is 14.1. The highest BCUT2D eigenvalue weighted by atomic mass is 32.2. The van der Waals surface area contributed by atoms with Gasteiger partial charge in [-0.25, -0.2) is 12.8 Å². The lowest BCUT2D eigenvalue weighted by Gasteiger charge is -2.10. The number of sulfonamides is 1. The Balaban J connectivity index is 2.11. The number of hydrogen-bond acceptors (Lipinski definition) is 4. The summed E-state index contributed by atoms with van der Waals surface area (Å²) < 4.78 is 40.2. The van der Waals surface area contributed by atoms with Crippen LogP contribution < -0.4 is 15.4 Å². The molecule has 4 N–H and O–H groups in total. The van der Waals surface area contributed by atoms with Crippen LogP contribution in [0.3, 0.4) is 0 Å². The largest absolute Gasteiger partial charge is 0.356 e. The van der Waals surface area contributed by atoms with Crippen LogP contribution in [0.4, 0.5) is 10.1 Å². The van der Waals surface area contributed by atoms with Gasteiger partial charge in [-0.15, -0.1) is 0 Å². The predicted molar refractivity (Wildman–Crippen MR) is 88.9 cm³/mol. The van der Waals surface area contributed by atoms with Gasteiger partial charge in [0.05, 0.1) is 5.69 Å². The third kappa shape index (κ3) is 4.33. The molecule has 0 saturated heterocycles. The lowest BCUT2D eigenvalue weighted by Crippen LogP contribution is -2.37. The lowest BCUT2D eigenvalue weighted by atomic mass is 10.3. The first-order valence-corrected chi connectivity index (χ1v) is 8.73. The number of aromatic amines is 1. The van der Waals surface area contributed by atoms with E-state index in [2.05, 4.69) is 20.3 Å². The summed E-state index contributed by atoms with van der Waals surface area (Å²) in [7, 11) is -2.23. The van der Waals surface area contributed by atoms with Crippen molar-refractivity contribution in [3.8, 4) is 0 Å². The number of para-hydroxylation sites is 1. The van der Waals surface area contributed by atoms with Crippen molar-refractivity contribution >= 4 is 21.6 Å². The van der Waals surface area contributed by atoms with Crippen molar-refractivity contribution in [1.29, 1.82) is 0 Å². The van der Waals surface area contributed by atoms with Gasteiger partial charge in [-0.05, 0) is 32.2 Å². The van der Waals surface area contributed by atoms with Crippen LogP contribution in [0.2, 0.25) is 0 Å². The zero-order valence-electron chi connectivity index (χ0n) is 13.3. The number of carbonyl (C=O) groups is 1. The number of likely N-dealkylation sites (N-methyl/N-ethyl adjacent to an activating group) is 1. The Morgan fingerprint density at radius 2 is 2.04 bits per heavy atom. The average Bonchev–Trinajstić information content (AvgIpc) is 3.05. The van der Waals surface area contributed by atoms with E-state index < -0.39 is 21.7 Å². The lowest BCUT2D eigenvalue weighted by molar-refractivity contribution is 0.0946. The molecule has 130 valence electrons. The first-order valence-electron chi connectivity index (χ1n) is 7.24. The molecule has 0 saturated carbocycles. The zero-order chi connectivity index (χ0) is 17.7. The number of rotatable bonds is 7. The minimum absolute atomic E-state index is 0.0786. The summed E-state index contributed by atoms with van der Waals surface area (Å²) in [5, 5.41) is 5.63. The molecule has 1 aromatic carbocycles. The Morgan fingerprint density at radius 1 is 1.33 bits per heavy atom. The monoisotopic (exact) mass is 354 g/mol. The third-order valence-electron chi connectivity index (χ3n) is 3.39. The summed E-state index contributed by atoms with van der Waals surface area (Å²) in [6.45, 7) is 2.28. The van der Waals surface area contributed by atoms with Crippen LogP contribution in [0.1, 0.15) is 17.4 Å². The number of carbonyl (C=O) groups excluding carboxylic acids is 1. The fraction of sp³-hybridized carbons (Fsp3) is 0.267. The quantitative estimate of drug-likeness (QED) is 0.602. The van der Waals surface area contributed by atoms with Crippen molar-refractivity contribution in [2.75, 3.05) is 18.3 Å². The van der Waals surface area contributed by atoms with Crippen molar-refractivity contribution in [1.82, 2.24) is 15.6 Å². The molecular weight excluding hydrogens is 335 g/mol. The second-order valence-electron chi connectivity index (χ2n) is 5.23. The maximum Gasteiger partial charge on any atom is 0.267 e. The van der Waals surface area contributed by atoms with Gasteiger partial charge in [-0.1, -0.05) is 12.1 Å². The van der Waals surface area contributed by atoms with E-state index in [0.29, 0.717) is 6.54 Å². The Bertz CT molecular complexity index is 820. The van der Waals surface area contributed by atoms with Crippen LogP contribution in [0.15, 0.2) is 41.4 Å². The molecule has 9 heteroatoms.